The lowest BCUT2D eigenvalue weighted by Gasteiger charge is -2.39. The first kappa shape index (κ1) is 30.9. The van der Waals surface area contributed by atoms with E-state index in [0.29, 0.717) is 0 Å². The summed E-state index contributed by atoms with van der Waals surface area (Å²) in [7, 11) is -10.4. The van der Waals surface area contributed by atoms with Gasteiger partial charge >= 0.3 is 7.60 Å². The van der Waals surface area contributed by atoms with Gasteiger partial charge in [0.05, 0.1) is 36.4 Å². The SMILES string of the molecule is CCOP(=O)(C[C@H]1O[C@H](O[Si](C)(C)C(C)(C)C)[C@@H](OS(=O)(=O)c2ccc(C)cc2)[C@@H]1N=[N+]=[N-])OCC. The average molecular weight is 564 g/mol. The second-order valence-electron chi connectivity index (χ2n) is 10.1. The molecule has 1 heterocycles. The van der Waals surface area contributed by atoms with Crippen LogP contribution in [-0.2, 0) is 37.1 Å². The molecule has 1 aliphatic heterocycles. The molecule has 0 radical (unpaired) electrons. The molecule has 0 aliphatic carbocycles. The average Bonchev–Trinajstić information content (AvgIpc) is 3.02. The third-order valence-corrected chi connectivity index (χ3v) is 14.2. The minimum atomic E-state index is -4.28. The van der Waals surface area contributed by atoms with Crippen LogP contribution in [0.2, 0.25) is 18.1 Å². The lowest BCUT2D eigenvalue weighted by Crippen LogP contribution is -2.48. The molecule has 1 aromatic rings. The van der Waals surface area contributed by atoms with Crippen molar-refractivity contribution < 1.29 is 35.4 Å². The van der Waals surface area contributed by atoms with Crippen molar-refractivity contribution in [2.75, 3.05) is 19.4 Å². The van der Waals surface area contributed by atoms with Crippen molar-refractivity contribution in [1.29, 1.82) is 0 Å². The number of rotatable bonds is 12. The number of ether oxygens (including phenoxy) is 1. The summed E-state index contributed by atoms with van der Waals surface area (Å²) in [6.07, 6.45) is -3.80. The highest BCUT2D eigenvalue weighted by molar-refractivity contribution is 7.86. The van der Waals surface area contributed by atoms with Crippen molar-refractivity contribution in [2.45, 2.75) is 89.1 Å². The van der Waals surface area contributed by atoms with E-state index in [4.69, 9.17) is 22.4 Å². The zero-order valence-corrected chi connectivity index (χ0v) is 24.9. The van der Waals surface area contributed by atoms with Crippen molar-refractivity contribution in [2.24, 2.45) is 5.11 Å². The van der Waals surface area contributed by atoms with E-state index in [0.717, 1.165) is 5.56 Å². The molecule has 1 fully saturated rings. The topological polar surface area (TPSA) is 146 Å². The molecule has 2 rings (SSSR count). The van der Waals surface area contributed by atoms with Gasteiger partial charge in [-0.1, -0.05) is 43.6 Å². The van der Waals surface area contributed by atoms with Gasteiger partial charge in [0.2, 0.25) is 0 Å². The Hall–Kier alpha value is -1.27. The Morgan fingerprint density at radius 1 is 1.14 bits per heavy atom. The third-order valence-electron chi connectivity index (χ3n) is 6.30. The van der Waals surface area contributed by atoms with Gasteiger partial charge in [-0.2, -0.15) is 8.42 Å². The van der Waals surface area contributed by atoms with Crippen molar-refractivity contribution in [3.05, 3.63) is 40.3 Å². The van der Waals surface area contributed by atoms with Gasteiger partial charge in [0.1, 0.15) is 6.10 Å². The lowest BCUT2D eigenvalue weighted by molar-refractivity contribution is -0.107. The van der Waals surface area contributed by atoms with Crippen molar-refractivity contribution in [1.82, 2.24) is 0 Å². The predicted octanol–water partition coefficient (Wildman–Crippen LogP) is 5.76. The zero-order chi connectivity index (χ0) is 27.4. The summed E-state index contributed by atoms with van der Waals surface area (Å²) in [6.45, 7) is 15.5. The first-order valence-corrected chi connectivity index (χ1v) is 17.9. The van der Waals surface area contributed by atoms with E-state index in [9.17, 15) is 18.5 Å². The number of nitrogens with zero attached hydrogens (tertiary/aromatic N) is 3. The molecule has 0 spiro atoms. The number of hydrogen-bond acceptors (Lipinski definition) is 9. The molecule has 1 aromatic carbocycles. The van der Waals surface area contributed by atoms with Gasteiger partial charge < -0.3 is 18.2 Å². The van der Waals surface area contributed by atoms with Gasteiger partial charge in [-0.05, 0) is 56.6 Å². The Morgan fingerprint density at radius 3 is 2.17 bits per heavy atom. The summed E-state index contributed by atoms with van der Waals surface area (Å²) in [5.74, 6) is 0. The van der Waals surface area contributed by atoms with Gasteiger partial charge in [0, 0.05) is 4.91 Å². The summed E-state index contributed by atoms with van der Waals surface area (Å²) in [4.78, 5) is 2.83. The monoisotopic (exact) mass is 563 g/mol. The first-order chi connectivity index (χ1) is 16.6. The van der Waals surface area contributed by atoms with E-state index in [1.165, 1.54) is 12.1 Å². The fourth-order valence-electron chi connectivity index (χ4n) is 3.38. The van der Waals surface area contributed by atoms with Crippen LogP contribution >= 0.6 is 7.60 Å². The lowest BCUT2D eigenvalue weighted by atomic mass is 10.1. The van der Waals surface area contributed by atoms with Gasteiger partial charge in [-0.3, -0.25) is 8.75 Å². The summed E-state index contributed by atoms with van der Waals surface area (Å²) >= 11 is 0. The summed E-state index contributed by atoms with van der Waals surface area (Å²) in [6, 6.07) is 5.00. The van der Waals surface area contributed by atoms with Crippen LogP contribution in [0.4, 0.5) is 0 Å². The second kappa shape index (κ2) is 12.1. The van der Waals surface area contributed by atoms with E-state index >= 15 is 0 Å². The van der Waals surface area contributed by atoms with Crippen LogP contribution in [0.25, 0.3) is 10.4 Å². The molecule has 0 aromatic heterocycles. The molecular weight excluding hydrogens is 525 g/mol. The van der Waals surface area contributed by atoms with Crippen LogP contribution in [0.1, 0.15) is 40.2 Å². The van der Waals surface area contributed by atoms with Gasteiger partial charge in [0.15, 0.2) is 14.6 Å². The van der Waals surface area contributed by atoms with Gasteiger partial charge in [-0.15, -0.1) is 0 Å². The molecule has 14 heteroatoms. The minimum Gasteiger partial charge on any atom is -0.390 e. The molecule has 1 aliphatic rings. The predicted molar refractivity (Wildman–Crippen MR) is 139 cm³/mol. The summed E-state index contributed by atoms with van der Waals surface area (Å²) in [5.41, 5.74) is 10.2. The molecule has 1 saturated heterocycles. The highest BCUT2D eigenvalue weighted by Gasteiger charge is 2.53. The number of aryl methyl sites for hydroxylation is 1. The minimum absolute atomic E-state index is 0.0587. The van der Waals surface area contributed by atoms with Crippen LogP contribution in [0.3, 0.4) is 0 Å². The maximum Gasteiger partial charge on any atom is 0.333 e. The Morgan fingerprint density at radius 2 is 1.69 bits per heavy atom. The fourth-order valence-corrected chi connectivity index (χ4v) is 7.40. The maximum atomic E-state index is 13.3. The van der Waals surface area contributed by atoms with Crippen LogP contribution in [0.15, 0.2) is 34.3 Å². The van der Waals surface area contributed by atoms with E-state index in [1.54, 1.807) is 26.0 Å². The van der Waals surface area contributed by atoms with Crippen LogP contribution in [0.5, 0.6) is 0 Å². The smallest absolute Gasteiger partial charge is 0.333 e. The number of azide groups is 1. The van der Waals surface area contributed by atoms with E-state index in [-0.39, 0.29) is 29.3 Å². The number of hydrogen-bond donors (Lipinski definition) is 0. The Bertz CT molecular complexity index is 1080. The molecule has 0 N–H and O–H groups in total. The molecule has 0 amide bonds. The Labute approximate surface area is 215 Å². The van der Waals surface area contributed by atoms with Crippen molar-refractivity contribution >= 4 is 26.0 Å². The maximum absolute atomic E-state index is 13.3. The Kier molecular flexibility index (Phi) is 10.4. The highest BCUT2D eigenvalue weighted by atomic mass is 32.2. The normalized spacial score (nSPS) is 23.4. The summed E-state index contributed by atoms with van der Waals surface area (Å²) in [5, 5.41) is 3.55. The molecule has 0 unspecified atom stereocenters. The molecule has 11 nitrogen and oxygen atoms in total. The fraction of sp³-hybridized carbons (Fsp3) is 0.727. The number of benzene rings is 1. The molecule has 204 valence electrons. The highest BCUT2D eigenvalue weighted by Crippen LogP contribution is 2.51. The molecule has 0 bridgehead atoms. The van der Waals surface area contributed by atoms with Gasteiger partial charge in [0.25, 0.3) is 10.1 Å². The van der Waals surface area contributed by atoms with E-state index in [2.05, 4.69) is 10.0 Å². The standard InChI is InChI=1S/C22H38N3O8PSSi/c1-9-29-34(26,30-10-2)15-18-19(24-25-23)20(21(31-18)33-36(7,8)22(4,5)6)32-35(27,28)17-13-11-16(3)12-14-17/h11-14,18-21H,9-10,15H2,1-8H3/t18-,19-,20+,21-/m1/s1. The van der Waals surface area contributed by atoms with E-state index < -0.39 is 50.6 Å². The first-order valence-electron chi connectivity index (χ1n) is 11.8. The van der Waals surface area contributed by atoms with Crippen LogP contribution in [-0.4, -0.2) is 60.7 Å². The molecular formula is C22H38N3O8PSSi. The van der Waals surface area contributed by atoms with Crippen molar-refractivity contribution in [3.8, 4) is 0 Å². The zero-order valence-electron chi connectivity index (χ0n) is 22.2. The third kappa shape index (κ3) is 7.63. The van der Waals surface area contributed by atoms with Crippen molar-refractivity contribution in [3.63, 3.8) is 0 Å². The molecule has 4 atom stereocenters. The quantitative estimate of drug-likeness (QED) is 0.0779. The van der Waals surface area contributed by atoms with Gasteiger partial charge in [-0.25, -0.2) is 0 Å². The van der Waals surface area contributed by atoms with E-state index in [1.807, 2.05) is 40.8 Å². The largest absolute Gasteiger partial charge is 0.390 e. The van der Waals surface area contributed by atoms with Crippen LogP contribution < -0.4 is 0 Å². The Balaban J connectivity index is 2.51. The summed E-state index contributed by atoms with van der Waals surface area (Å²) < 4.78 is 68.5. The second-order valence-corrected chi connectivity index (χ2v) is 18.5. The molecule has 0 saturated carbocycles. The van der Waals surface area contributed by atoms with Crippen LogP contribution in [0, 0.1) is 6.92 Å². The molecule has 36 heavy (non-hydrogen) atoms.